The largest absolute Gasteiger partial charge is 4.00 e. The van der Waals surface area contributed by atoms with Gasteiger partial charge >= 0.3 is 26.2 Å². The molecule has 0 N–H and O–H groups in total. The fourth-order valence-corrected chi connectivity index (χ4v) is 7.02. The molecule has 0 aliphatic carbocycles. The first kappa shape index (κ1) is 50.2. The first-order chi connectivity index (χ1) is 31.2. The number of hydrogen-bond donors (Lipinski definition) is 0. The number of carbonyl (C=O) groups is 4. The predicted molar refractivity (Wildman–Crippen MR) is 239 cm³/mol. The summed E-state index contributed by atoms with van der Waals surface area (Å²) in [6.07, 6.45) is 0. The molecule has 8 nitrogen and oxygen atoms in total. The number of benzene rings is 8. The first-order valence-corrected chi connectivity index (χ1v) is 20.4. The minimum Gasteiger partial charge on any atom is -0.549 e. The van der Waals surface area contributed by atoms with Gasteiger partial charge < -0.3 is 39.6 Å². The van der Waals surface area contributed by atoms with Gasteiger partial charge in [-0.2, -0.15) is 0 Å². The number of carboxylic acids is 4. The molecule has 320 valence electrons. The molecule has 8 rings (SSSR count). The van der Waals surface area contributed by atoms with Crippen LogP contribution in [0.1, 0.15) is 68.2 Å². The number of rotatable bonds is 12. The molecule has 9 heteroatoms. The molecule has 0 saturated carbocycles. The molecule has 0 aromatic heterocycles. The van der Waals surface area contributed by atoms with Crippen LogP contribution in [0.4, 0.5) is 0 Å². The Bertz CT molecular complexity index is 2070. The molecule has 0 saturated heterocycles. The Kier molecular flexibility index (Phi) is 20.7. The predicted octanol–water partition coefficient (Wildman–Crippen LogP) is 6.27. The van der Waals surface area contributed by atoms with Gasteiger partial charge in [-0.15, -0.1) is 0 Å². The van der Waals surface area contributed by atoms with Crippen molar-refractivity contribution in [3.05, 3.63) is 287 Å². The van der Waals surface area contributed by atoms with Crippen LogP contribution in [0, 0.1) is 0 Å². The van der Waals surface area contributed by atoms with Gasteiger partial charge in [0.1, 0.15) is 0 Å². The minimum absolute atomic E-state index is 0. The molecule has 0 aliphatic heterocycles. The van der Waals surface area contributed by atoms with Crippen LogP contribution in [0.2, 0.25) is 0 Å². The zero-order valence-corrected chi connectivity index (χ0v) is 37.6. The van der Waals surface area contributed by atoms with Gasteiger partial charge in [-0.3, -0.25) is 0 Å². The van der Waals surface area contributed by atoms with Crippen LogP contribution in [0.25, 0.3) is 0 Å². The molecule has 0 amide bonds. The third-order valence-electron chi connectivity index (χ3n) is 10.0. The quantitative estimate of drug-likeness (QED) is 0.139. The number of hydrogen-bond acceptors (Lipinski definition) is 8. The molecule has 0 aliphatic rings. The van der Waals surface area contributed by atoms with E-state index < -0.39 is 47.5 Å². The summed E-state index contributed by atoms with van der Waals surface area (Å²) in [6, 6.07) is 72.9. The second-order valence-corrected chi connectivity index (χ2v) is 14.3. The fraction of sp³-hybridized carbons (Fsp3) is 0.0714. The standard InChI is InChI=1S/4C14H12O2.Zr/c4*15-14(16)13(11-7-3-1-4-8-11)12-9-5-2-6-10-12;/h4*1-10,13H,(H,15,16);/q;;;;+4/p-4. The molecule has 0 heterocycles. The number of carboxylic acid groups (broad SMARTS) is 4. The van der Waals surface area contributed by atoms with Crippen molar-refractivity contribution in [2.75, 3.05) is 0 Å². The zero-order valence-electron chi connectivity index (χ0n) is 35.2. The van der Waals surface area contributed by atoms with Crippen LogP contribution in [0.5, 0.6) is 0 Å². The summed E-state index contributed by atoms with van der Waals surface area (Å²) in [7, 11) is 0. The van der Waals surface area contributed by atoms with E-state index in [0.29, 0.717) is 0 Å². The van der Waals surface area contributed by atoms with Crippen LogP contribution in [-0.2, 0) is 45.4 Å². The topological polar surface area (TPSA) is 161 Å². The summed E-state index contributed by atoms with van der Waals surface area (Å²) in [5, 5.41) is 44.8. The molecule has 65 heavy (non-hydrogen) atoms. The van der Waals surface area contributed by atoms with E-state index in [2.05, 4.69) is 0 Å². The van der Waals surface area contributed by atoms with E-state index in [1.54, 1.807) is 97.1 Å². The average Bonchev–Trinajstić information content (AvgIpc) is 3.32. The van der Waals surface area contributed by atoms with E-state index in [-0.39, 0.29) is 26.2 Å². The van der Waals surface area contributed by atoms with E-state index in [1.165, 1.54) is 0 Å². The third-order valence-corrected chi connectivity index (χ3v) is 10.0. The van der Waals surface area contributed by atoms with Crippen molar-refractivity contribution in [1.29, 1.82) is 0 Å². The zero-order chi connectivity index (χ0) is 45.5. The Morgan fingerprint density at radius 3 is 0.385 bits per heavy atom. The van der Waals surface area contributed by atoms with Crippen molar-refractivity contribution < 1.29 is 65.8 Å². The van der Waals surface area contributed by atoms with E-state index in [0.717, 1.165) is 44.5 Å². The molecular formula is C56H44O8Zr. The monoisotopic (exact) mass is 934 g/mol. The summed E-state index contributed by atoms with van der Waals surface area (Å²) in [5.41, 5.74) is 5.95. The molecule has 0 radical (unpaired) electrons. The Morgan fingerprint density at radius 1 is 0.215 bits per heavy atom. The smallest absolute Gasteiger partial charge is 0.549 e. The summed E-state index contributed by atoms with van der Waals surface area (Å²) in [5.74, 6) is -7.06. The maximum atomic E-state index is 11.2. The average molecular weight is 936 g/mol. The van der Waals surface area contributed by atoms with E-state index in [1.807, 2.05) is 146 Å². The second kappa shape index (κ2) is 26.9. The maximum absolute atomic E-state index is 11.2. The van der Waals surface area contributed by atoms with E-state index in [9.17, 15) is 39.6 Å². The van der Waals surface area contributed by atoms with Gasteiger partial charge in [-0.1, -0.05) is 243 Å². The SMILES string of the molecule is O=C([O-])C(c1ccccc1)c1ccccc1.O=C([O-])C(c1ccccc1)c1ccccc1.O=C([O-])C(c1ccccc1)c1ccccc1.O=C([O-])C(c1ccccc1)c1ccccc1.[Zr+4]. The summed E-state index contributed by atoms with van der Waals surface area (Å²) < 4.78 is 0. The van der Waals surface area contributed by atoms with Gasteiger partial charge in [0.15, 0.2) is 0 Å². The van der Waals surface area contributed by atoms with Crippen LogP contribution in [0.15, 0.2) is 243 Å². The molecular weight excluding hydrogens is 892 g/mol. The summed E-state index contributed by atoms with van der Waals surface area (Å²) >= 11 is 0. The van der Waals surface area contributed by atoms with Crippen molar-refractivity contribution in [2.24, 2.45) is 0 Å². The summed E-state index contributed by atoms with van der Waals surface area (Å²) in [4.78, 5) is 44.8. The minimum atomic E-state index is -1.07. The Hall–Kier alpha value is -7.48. The number of carbonyl (C=O) groups excluding carboxylic acids is 4. The van der Waals surface area contributed by atoms with Crippen LogP contribution < -0.4 is 20.4 Å². The normalized spacial score (nSPS) is 10.2. The van der Waals surface area contributed by atoms with Crippen molar-refractivity contribution in [2.45, 2.75) is 23.7 Å². The van der Waals surface area contributed by atoms with E-state index >= 15 is 0 Å². The Labute approximate surface area is 398 Å². The molecule has 0 spiro atoms. The molecule has 8 aromatic carbocycles. The van der Waals surface area contributed by atoms with Gasteiger partial charge in [0.2, 0.25) is 0 Å². The molecule has 0 bridgehead atoms. The molecule has 8 aromatic rings. The van der Waals surface area contributed by atoms with Gasteiger partial charge in [0.25, 0.3) is 0 Å². The Balaban J connectivity index is 0.000000189. The molecule has 0 fully saturated rings. The van der Waals surface area contributed by atoms with Gasteiger partial charge in [-0.25, -0.2) is 0 Å². The van der Waals surface area contributed by atoms with Crippen LogP contribution in [0.3, 0.4) is 0 Å². The van der Waals surface area contributed by atoms with Crippen molar-refractivity contribution in [1.82, 2.24) is 0 Å². The first-order valence-electron chi connectivity index (χ1n) is 20.4. The van der Waals surface area contributed by atoms with E-state index in [4.69, 9.17) is 0 Å². The van der Waals surface area contributed by atoms with Crippen LogP contribution >= 0.6 is 0 Å². The van der Waals surface area contributed by atoms with Gasteiger partial charge in [-0.05, 0) is 44.5 Å². The Morgan fingerprint density at radius 2 is 0.308 bits per heavy atom. The number of aliphatic carboxylic acids is 4. The van der Waals surface area contributed by atoms with Crippen molar-refractivity contribution in [3.8, 4) is 0 Å². The maximum Gasteiger partial charge on any atom is 4.00 e. The molecule has 0 atom stereocenters. The molecule has 0 unspecified atom stereocenters. The fourth-order valence-electron chi connectivity index (χ4n) is 7.02. The second-order valence-electron chi connectivity index (χ2n) is 14.3. The van der Waals surface area contributed by atoms with Crippen molar-refractivity contribution in [3.63, 3.8) is 0 Å². The van der Waals surface area contributed by atoms with Crippen molar-refractivity contribution >= 4 is 23.9 Å². The van der Waals surface area contributed by atoms with Crippen LogP contribution in [-0.4, -0.2) is 23.9 Å². The summed E-state index contributed by atoms with van der Waals surface area (Å²) in [6.45, 7) is 0. The van der Waals surface area contributed by atoms with Gasteiger partial charge in [0, 0.05) is 23.7 Å². The van der Waals surface area contributed by atoms with Gasteiger partial charge in [0.05, 0.1) is 23.9 Å². The third kappa shape index (κ3) is 15.4.